The molecule has 0 spiro atoms. The van der Waals surface area contributed by atoms with Gasteiger partial charge in [0.15, 0.2) is 0 Å². The first-order valence-corrected chi connectivity index (χ1v) is 6.06. The third-order valence-corrected chi connectivity index (χ3v) is 2.64. The minimum absolute atomic E-state index is 0.0802. The number of rotatable bonds is 3. The number of nitriles is 1. The number of hydrogen-bond acceptors (Lipinski definition) is 4. The smallest absolute Gasteiger partial charge is 0.137 e. The monoisotopic (exact) mass is 225 g/mol. The highest BCUT2D eigenvalue weighted by Crippen LogP contribution is 2.27. The number of thiol groups is 1. The van der Waals surface area contributed by atoms with Crippen LogP contribution in [0.4, 0.5) is 0 Å². The van der Waals surface area contributed by atoms with E-state index in [1.807, 2.05) is 19.9 Å². The molecule has 0 fully saturated rings. The van der Waals surface area contributed by atoms with Crippen molar-refractivity contribution in [1.82, 2.24) is 0 Å². The maximum atomic E-state index is 8.89. The van der Waals surface area contributed by atoms with E-state index in [-0.39, 0.29) is 6.10 Å². The fourth-order valence-electron chi connectivity index (χ4n) is 1.01. The van der Waals surface area contributed by atoms with Crippen LogP contribution in [0.25, 0.3) is 0 Å². The Morgan fingerprint density at radius 2 is 2.21 bits per heavy atom. The van der Waals surface area contributed by atoms with E-state index in [1.165, 1.54) is 10.8 Å². The molecule has 0 aliphatic carbocycles. The lowest BCUT2D eigenvalue weighted by Crippen LogP contribution is -2.06. The highest BCUT2D eigenvalue weighted by atomic mass is 33.1. The summed E-state index contributed by atoms with van der Waals surface area (Å²) in [6, 6.07) is 7.56. The number of benzene rings is 1. The molecule has 0 aliphatic rings. The number of nitrogens with zero attached hydrogens (tertiary/aromatic N) is 1. The van der Waals surface area contributed by atoms with Gasteiger partial charge in [0, 0.05) is 4.90 Å². The molecule has 1 rings (SSSR count). The molecule has 0 N–H and O–H groups in total. The summed E-state index contributed by atoms with van der Waals surface area (Å²) >= 11 is 4.07. The van der Waals surface area contributed by atoms with E-state index >= 15 is 0 Å². The Bertz CT molecular complexity index is 358. The molecule has 14 heavy (non-hydrogen) atoms. The van der Waals surface area contributed by atoms with Crippen molar-refractivity contribution in [3.05, 3.63) is 23.8 Å². The van der Waals surface area contributed by atoms with Gasteiger partial charge in [-0.15, -0.1) is 11.7 Å². The molecule has 0 radical (unpaired) electrons. The minimum atomic E-state index is 0.0802. The summed E-state index contributed by atoms with van der Waals surface area (Å²) in [7, 11) is 1.31. The van der Waals surface area contributed by atoms with Gasteiger partial charge in [-0.2, -0.15) is 5.26 Å². The van der Waals surface area contributed by atoms with Crippen molar-refractivity contribution in [2.75, 3.05) is 0 Å². The van der Waals surface area contributed by atoms with Crippen molar-refractivity contribution < 1.29 is 4.74 Å². The van der Waals surface area contributed by atoms with E-state index in [4.69, 9.17) is 10.00 Å². The molecular formula is C10H11NOS2. The molecule has 0 saturated carbocycles. The maximum Gasteiger partial charge on any atom is 0.137 e. The summed E-state index contributed by atoms with van der Waals surface area (Å²) in [5.74, 6) is 0.633. The van der Waals surface area contributed by atoms with Crippen LogP contribution in [0.1, 0.15) is 19.4 Å². The van der Waals surface area contributed by atoms with Crippen molar-refractivity contribution in [2.24, 2.45) is 0 Å². The number of ether oxygens (including phenoxy) is 1. The molecule has 0 aliphatic heterocycles. The van der Waals surface area contributed by atoms with Crippen LogP contribution in [0, 0.1) is 11.3 Å². The molecule has 0 amide bonds. The van der Waals surface area contributed by atoms with E-state index in [1.54, 1.807) is 12.1 Å². The lowest BCUT2D eigenvalue weighted by molar-refractivity contribution is 0.241. The Morgan fingerprint density at radius 3 is 2.71 bits per heavy atom. The molecule has 0 unspecified atom stereocenters. The van der Waals surface area contributed by atoms with E-state index in [0.717, 1.165) is 4.90 Å². The highest BCUT2D eigenvalue weighted by molar-refractivity contribution is 8.68. The first-order chi connectivity index (χ1) is 6.67. The Hall–Kier alpha value is -0.790. The van der Waals surface area contributed by atoms with Crippen molar-refractivity contribution >= 4 is 22.5 Å². The predicted molar refractivity (Wildman–Crippen MR) is 61.8 cm³/mol. The Balaban J connectivity index is 3.01. The van der Waals surface area contributed by atoms with E-state index in [9.17, 15) is 0 Å². The lowest BCUT2D eigenvalue weighted by atomic mass is 10.2. The van der Waals surface area contributed by atoms with Gasteiger partial charge >= 0.3 is 0 Å². The van der Waals surface area contributed by atoms with Crippen LogP contribution in [-0.2, 0) is 0 Å². The standard InChI is InChI=1S/C10H11NOS2/c1-7(2)12-10-4-3-9(14-13)5-8(10)6-11/h3-5,7,13H,1-2H3. The molecule has 2 nitrogen and oxygen atoms in total. The molecular weight excluding hydrogens is 214 g/mol. The second-order valence-electron chi connectivity index (χ2n) is 3.03. The highest BCUT2D eigenvalue weighted by Gasteiger charge is 2.05. The summed E-state index contributed by atoms with van der Waals surface area (Å²) in [5, 5.41) is 8.89. The minimum Gasteiger partial charge on any atom is -0.490 e. The molecule has 0 saturated heterocycles. The summed E-state index contributed by atoms with van der Waals surface area (Å²) in [6.07, 6.45) is 0.0802. The SMILES string of the molecule is CC(C)Oc1ccc(SS)cc1C#N. The topological polar surface area (TPSA) is 33.0 Å². The van der Waals surface area contributed by atoms with E-state index in [0.29, 0.717) is 11.3 Å². The summed E-state index contributed by atoms with van der Waals surface area (Å²) in [5.41, 5.74) is 0.553. The first kappa shape index (κ1) is 11.3. The first-order valence-electron chi connectivity index (χ1n) is 4.19. The molecule has 1 aromatic carbocycles. The van der Waals surface area contributed by atoms with Crippen LogP contribution in [0.2, 0.25) is 0 Å². The van der Waals surface area contributed by atoms with E-state index in [2.05, 4.69) is 17.7 Å². The Labute approximate surface area is 93.1 Å². The van der Waals surface area contributed by atoms with Gasteiger partial charge in [0.05, 0.1) is 11.7 Å². The molecule has 74 valence electrons. The van der Waals surface area contributed by atoms with Crippen LogP contribution in [0.5, 0.6) is 5.75 Å². The largest absolute Gasteiger partial charge is 0.490 e. The van der Waals surface area contributed by atoms with Gasteiger partial charge in [0.1, 0.15) is 11.8 Å². The van der Waals surface area contributed by atoms with Crippen LogP contribution >= 0.6 is 22.5 Å². The van der Waals surface area contributed by atoms with E-state index < -0.39 is 0 Å². The zero-order valence-electron chi connectivity index (χ0n) is 8.02. The van der Waals surface area contributed by atoms with Crippen LogP contribution in [0.15, 0.2) is 23.1 Å². The lowest BCUT2D eigenvalue weighted by Gasteiger charge is -2.11. The van der Waals surface area contributed by atoms with Crippen molar-refractivity contribution in [3.63, 3.8) is 0 Å². The van der Waals surface area contributed by atoms with Gasteiger partial charge in [-0.3, -0.25) is 0 Å². The fraction of sp³-hybridized carbons (Fsp3) is 0.300. The van der Waals surface area contributed by atoms with Crippen molar-refractivity contribution in [1.29, 1.82) is 5.26 Å². The summed E-state index contributed by atoms with van der Waals surface area (Å²) in [6.45, 7) is 3.87. The second-order valence-corrected chi connectivity index (χ2v) is 4.23. The average Bonchev–Trinajstić information content (AvgIpc) is 2.17. The normalized spacial score (nSPS) is 9.93. The van der Waals surface area contributed by atoms with Crippen LogP contribution in [-0.4, -0.2) is 6.10 Å². The maximum absolute atomic E-state index is 8.89. The number of hydrogen-bond donors (Lipinski definition) is 1. The molecule has 0 aromatic heterocycles. The van der Waals surface area contributed by atoms with Crippen LogP contribution in [0.3, 0.4) is 0 Å². The zero-order valence-corrected chi connectivity index (χ0v) is 9.73. The average molecular weight is 225 g/mol. The third kappa shape index (κ3) is 2.86. The van der Waals surface area contributed by atoms with Gasteiger partial charge in [0.2, 0.25) is 0 Å². The van der Waals surface area contributed by atoms with Gasteiger partial charge in [0.25, 0.3) is 0 Å². The quantitative estimate of drug-likeness (QED) is 0.633. The predicted octanol–water partition coefficient (Wildman–Crippen LogP) is 3.28. The van der Waals surface area contributed by atoms with Crippen LogP contribution < -0.4 is 4.74 Å². The molecule has 0 atom stereocenters. The summed E-state index contributed by atoms with van der Waals surface area (Å²) < 4.78 is 5.48. The molecule has 0 bridgehead atoms. The summed E-state index contributed by atoms with van der Waals surface area (Å²) in [4.78, 5) is 0.945. The Kier molecular flexibility index (Phi) is 4.18. The third-order valence-electron chi connectivity index (χ3n) is 1.54. The zero-order chi connectivity index (χ0) is 10.6. The van der Waals surface area contributed by atoms with Gasteiger partial charge in [-0.1, -0.05) is 10.8 Å². The van der Waals surface area contributed by atoms with Gasteiger partial charge in [-0.25, -0.2) is 0 Å². The molecule has 1 aromatic rings. The van der Waals surface area contributed by atoms with Crippen molar-refractivity contribution in [3.8, 4) is 11.8 Å². The van der Waals surface area contributed by atoms with Crippen molar-refractivity contribution in [2.45, 2.75) is 24.8 Å². The Morgan fingerprint density at radius 1 is 1.50 bits per heavy atom. The van der Waals surface area contributed by atoms with Gasteiger partial charge in [-0.05, 0) is 32.0 Å². The molecule has 0 heterocycles. The second kappa shape index (κ2) is 5.18. The molecule has 4 heteroatoms. The fourth-order valence-corrected chi connectivity index (χ4v) is 1.65. The van der Waals surface area contributed by atoms with Gasteiger partial charge < -0.3 is 4.74 Å².